The largest absolute Gasteiger partial charge is 0.463 e. The molecule has 1 N–H and O–H groups in total. The van der Waals surface area contributed by atoms with Crippen molar-refractivity contribution in [2.75, 3.05) is 20.2 Å². The second-order valence-corrected chi connectivity index (χ2v) is 11.2. The van der Waals surface area contributed by atoms with Crippen molar-refractivity contribution < 1.29 is 19.1 Å². The molecule has 7 nitrogen and oxygen atoms in total. The van der Waals surface area contributed by atoms with Crippen molar-refractivity contribution >= 4 is 17.8 Å². The lowest BCUT2D eigenvalue weighted by molar-refractivity contribution is -0.142. The summed E-state index contributed by atoms with van der Waals surface area (Å²) in [7, 11) is 1.77. The molecular formula is C28H51N3O4. The zero-order valence-corrected chi connectivity index (χ0v) is 23.9. The standard InChI is InChI=1S/C28H51N3O4/c1-11-19(4)23(18-20(5)27(34)35-13-3)30(10)26(33)24(28(7,8)9)29-25(32)22-16-14-15-17-31(22)21(6)12-2/h18-19,21-24H,11-17H2,1-10H3,(H,29,32)/t19-,21?,22+,23+,24+/m0/s1. The van der Waals surface area contributed by atoms with Crippen molar-refractivity contribution in [2.24, 2.45) is 11.3 Å². The van der Waals surface area contributed by atoms with Gasteiger partial charge in [-0.1, -0.05) is 60.5 Å². The van der Waals surface area contributed by atoms with E-state index in [0.29, 0.717) is 18.2 Å². The Morgan fingerprint density at radius 3 is 2.26 bits per heavy atom. The summed E-state index contributed by atoms with van der Waals surface area (Å²) >= 11 is 0. The maximum atomic E-state index is 13.9. The van der Waals surface area contributed by atoms with Crippen LogP contribution in [0.5, 0.6) is 0 Å². The first kappa shape index (κ1) is 31.1. The average Bonchev–Trinajstić information content (AvgIpc) is 2.82. The van der Waals surface area contributed by atoms with Crippen molar-refractivity contribution in [1.82, 2.24) is 15.1 Å². The Balaban J connectivity index is 3.22. The number of amides is 2. The van der Waals surface area contributed by atoms with Crippen LogP contribution in [0.3, 0.4) is 0 Å². The summed E-state index contributed by atoms with van der Waals surface area (Å²) in [5, 5.41) is 3.14. The number of nitrogens with zero attached hydrogens (tertiary/aromatic N) is 2. The van der Waals surface area contributed by atoms with Crippen molar-refractivity contribution in [3.63, 3.8) is 0 Å². The van der Waals surface area contributed by atoms with Crippen LogP contribution in [0.4, 0.5) is 0 Å². The smallest absolute Gasteiger partial charge is 0.333 e. The van der Waals surface area contributed by atoms with Crippen molar-refractivity contribution in [3.05, 3.63) is 11.6 Å². The SMILES string of the molecule is CCOC(=O)C(C)=C[C@H]([C@@H](C)CC)N(C)C(=O)[C@@H](NC(=O)[C@H]1CCCCN1C(C)CC)C(C)(C)C. The normalized spacial score (nSPS) is 21.0. The number of likely N-dealkylation sites (tertiary alicyclic amines) is 1. The monoisotopic (exact) mass is 493 g/mol. The highest BCUT2D eigenvalue weighted by molar-refractivity contribution is 5.91. The lowest BCUT2D eigenvalue weighted by atomic mass is 9.84. The number of hydrogen-bond acceptors (Lipinski definition) is 5. The van der Waals surface area contributed by atoms with Crippen molar-refractivity contribution in [3.8, 4) is 0 Å². The van der Waals surface area contributed by atoms with E-state index < -0.39 is 11.5 Å². The molecule has 0 aromatic heterocycles. The van der Waals surface area contributed by atoms with Crippen LogP contribution in [0.2, 0.25) is 0 Å². The van der Waals surface area contributed by atoms with Gasteiger partial charge in [0, 0.05) is 18.7 Å². The summed E-state index contributed by atoms with van der Waals surface area (Å²) in [6.07, 6.45) is 6.59. The molecule has 1 aliphatic rings. The van der Waals surface area contributed by atoms with Gasteiger partial charge in [-0.15, -0.1) is 0 Å². The lowest BCUT2D eigenvalue weighted by Gasteiger charge is -2.41. The summed E-state index contributed by atoms with van der Waals surface area (Å²) in [4.78, 5) is 43.6. The van der Waals surface area contributed by atoms with Gasteiger partial charge in [0.1, 0.15) is 6.04 Å². The number of hydrogen-bond donors (Lipinski definition) is 1. The molecule has 2 amide bonds. The third-order valence-electron chi connectivity index (χ3n) is 7.44. The molecule has 7 heteroatoms. The number of esters is 1. The average molecular weight is 494 g/mol. The number of carbonyl (C=O) groups excluding carboxylic acids is 3. The van der Waals surface area contributed by atoms with E-state index in [-0.39, 0.29) is 35.8 Å². The Morgan fingerprint density at radius 1 is 1.11 bits per heavy atom. The minimum atomic E-state index is -0.677. The zero-order chi connectivity index (χ0) is 26.9. The van der Waals surface area contributed by atoms with E-state index >= 15 is 0 Å². The molecule has 0 radical (unpaired) electrons. The molecule has 1 fully saturated rings. The number of nitrogens with one attached hydrogen (secondary N) is 1. The highest BCUT2D eigenvalue weighted by atomic mass is 16.5. The van der Waals surface area contributed by atoms with E-state index in [1.54, 1.807) is 25.8 Å². The second-order valence-electron chi connectivity index (χ2n) is 11.2. The van der Waals surface area contributed by atoms with E-state index in [2.05, 4.69) is 37.9 Å². The van der Waals surface area contributed by atoms with E-state index in [1.807, 2.05) is 26.8 Å². The Labute approximate surface area is 214 Å². The van der Waals surface area contributed by atoms with Gasteiger partial charge in [0.05, 0.1) is 18.7 Å². The van der Waals surface area contributed by atoms with Crippen molar-refractivity contribution in [1.29, 1.82) is 0 Å². The molecule has 1 unspecified atom stereocenters. The third-order valence-corrected chi connectivity index (χ3v) is 7.44. The summed E-state index contributed by atoms with van der Waals surface area (Å²) in [5.41, 5.74) is 0.0103. The quantitative estimate of drug-likeness (QED) is 0.337. The van der Waals surface area contributed by atoms with Crippen LogP contribution in [0, 0.1) is 11.3 Å². The highest BCUT2D eigenvalue weighted by Gasteiger charge is 2.40. The van der Waals surface area contributed by atoms with Crippen molar-refractivity contribution in [2.45, 2.75) is 119 Å². The molecule has 1 aliphatic heterocycles. The van der Waals surface area contributed by atoms with E-state index in [1.165, 1.54) is 0 Å². The van der Waals surface area contributed by atoms with Gasteiger partial charge in [0.25, 0.3) is 0 Å². The zero-order valence-electron chi connectivity index (χ0n) is 23.9. The van der Waals surface area contributed by atoms with Crippen LogP contribution in [0.25, 0.3) is 0 Å². The van der Waals surface area contributed by atoms with Crippen LogP contribution >= 0.6 is 0 Å². The Hall–Kier alpha value is -1.89. The van der Waals surface area contributed by atoms with Crippen LogP contribution in [-0.4, -0.2) is 72.0 Å². The molecular weight excluding hydrogens is 442 g/mol. The van der Waals surface area contributed by atoms with E-state index in [0.717, 1.165) is 38.6 Å². The van der Waals surface area contributed by atoms with Gasteiger partial charge >= 0.3 is 5.97 Å². The predicted octanol–water partition coefficient (Wildman–Crippen LogP) is 4.55. The molecule has 1 saturated heterocycles. The van der Waals surface area contributed by atoms with Crippen LogP contribution in [0.15, 0.2) is 11.6 Å². The fourth-order valence-corrected chi connectivity index (χ4v) is 4.70. The Morgan fingerprint density at radius 2 is 1.74 bits per heavy atom. The second kappa shape index (κ2) is 14.0. The minimum absolute atomic E-state index is 0.0648. The predicted molar refractivity (Wildman–Crippen MR) is 142 cm³/mol. The summed E-state index contributed by atoms with van der Waals surface area (Å²) in [6.45, 7) is 19.1. The van der Waals surface area contributed by atoms with Crippen LogP contribution in [0.1, 0.15) is 94.4 Å². The van der Waals surface area contributed by atoms with Gasteiger partial charge in [-0.05, 0) is 57.9 Å². The summed E-state index contributed by atoms with van der Waals surface area (Å²) in [5.74, 6) is -0.450. The Kier molecular flexibility index (Phi) is 12.5. The van der Waals surface area contributed by atoms with Crippen LogP contribution in [-0.2, 0) is 19.1 Å². The molecule has 0 spiro atoms. The lowest BCUT2D eigenvalue weighted by Crippen LogP contribution is -2.60. The number of likely N-dealkylation sites (N-methyl/N-ethyl adjacent to an activating group) is 1. The molecule has 0 bridgehead atoms. The first-order chi connectivity index (χ1) is 16.3. The topological polar surface area (TPSA) is 79.0 Å². The molecule has 35 heavy (non-hydrogen) atoms. The van der Waals surface area contributed by atoms with E-state index in [9.17, 15) is 14.4 Å². The molecule has 1 rings (SSSR count). The molecule has 0 aromatic rings. The maximum absolute atomic E-state index is 13.9. The molecule has 0 aromatic carbocycles. The number of piperidine rings is 1. The molecule has 5 atom stereocenters. The number of carbonyl (C=O) groups is 3. The van der Waals surface area contributed by atoms with Gasteiger partial charge in [-0.3, -0.25) is 14.5 Å². The molecule has 0 aliphatic carbocycles. The van der Waals surface area contributed by atoms with Gasteiger partial charge in [0.2, 0.25) is 11.8 Å². The summed E-state index contributed by atoms with van der Waals surface area (Å²) in [6, 6.07) is -0.852. The van der Waals surface area contributed by atoms with Gasteiger partial charge in [0.15, 0.2) is 0 Å². The van der Waals surface area contributed by atoms with Gasteiger partial charge in [-0.2, -0.15) is 0 Å². The van der Waals surface area contributed by atoms with Crippen LogP contribution < -0.4 is 5.32 Å². The Bertz CT molecular complexity index is 743. The fourth-order valence-electron chi connectivity index (χ4n) is 4.70. The van der Waals surface area contributed by atoms with Gasteiger partial charge < -0.3 is 15.0 Å². The first-order valence-electron chi connectivity index (χ1n) is 13.5. The highest BCUT2D eigenvalue weighted by Crippen LogP contribution is 2.26. The number of rotatable bonds is 11. The molecule has 0 saturated carbocycles. The third kappa shape index (κ3) is 8.62. The first-order valence-corrected chi connectivity index (χ1v) is 13.5. The minimum Gasteiger partial charge on any atom is -0.463 e. The molecule has 1 heterocycles. The molecule has 202 valence electrons. The number of ether oxygens (including phenoxy) is 1. The fraction of sp³-hybridized carbons (Fsp3) is 0.821. The van der Waals surface area contributed by atoms with Gasteiger partial charge in [-0.25, -0.2) is 4.79 Å². The summed E-state index contributed by atoms with van der Waals surface area (Å²) < 4.78 is 5.15. The van der Waals surface area contributed by atoms with E-state index in [4.69, 9.17) is 4.74 Å². The maximum Gasteiger partial charge on any atom is 0.333 e.